The number of halogens is 4. The van der Waals surface area contributed by atoms with Gasteiger partial charge in [-0.15, -0.1) is 0 Å². The number of alkyl halides is 3. The molecule has 0 saturated heterocycles. The fourth-order valence-corrected chi connectivity index (χ4v) is 3.50. The number of amides is 2. The minimum absolute atomic E-state index is 0.00409. The normalized spacial score (nSPS) is 19.5. The first-order chi connectivity index (χ1) is 13.8. The van der Waals surface area contributed by atoms with Gasteiger partial charge in [-0.3, -0.25) is 4.79 Å². The Morgan fingerprint density at radius 2 is 2.03 bits per heavy atom. The summed E-state index contributed by atoms with van der Waals surface area (Å²) < 4.78 is 42.1. The lowest BCUT2D eigenvalue weighted by Crippen LogP contribution is -2.54. The first kappa shape index (κ1) is 23.9. The van der Waals surface area contributed by atoms with Crippen molar-refractivity contribution in [2.75, 3.05) is 13.2 Å². The Morgan fingerprint density at radius 1 is 1.37 bits per heavy atom. The molecule has 2 N–H and O–H groups in total. The number of nitrogens with one attached hydrogen (secondary N) is 1. The van der Waals surface area contributed by atoms with E-state index in [4.69, 9.17) is 21.4 Å². The summed E-state index contributed by atoms with van der Waals surface area (Å²) in [4.78, 5) is 24.7. The van der Waals surface area contributed by atoms with E-state index in [1.165, 1.54) is 11.0 Å². The molecule has 0 unspecified atom stereocenters. The molecule has 0 radical (unpaired) electrons. The van der Waals surface area contributed by atoms with Gasteiger partial charge in [0.2, 0.25) is 0 Å². The van der Waals surface area contributed by atoms with Crippen LogP contribution in [0.1, 0.15) is 39.2 Å². The van der Waals surface area contributed by atoms with Crippen molar-refractivity contribution in [1.29, 1.82) is 0 Å². The largest absolute Gasteiger partial charge is 0.492 e. The van der Waals surface area contributed by atoms with E-state index in [0.717, 1.165) is 5.57 Å². The lowest BCUT2D eigenvalue weighted by molar-refractivity contribution is -0.139. The Bertz CT molecular complexity index is 842. The van der Waals surface area contributed by atoms with Crippen LogP contribution in [0.5, 0.6) is 5.75 Å². The van der Waals surface area contributed by atoms with Crippen LogP contribution in [0.15, 0.2) is 30.0 Å². The van der Waals surface area contributed by atoms with Crippen molar-refractivity contribution in [1.82, 2.24) is 10.2 Å². The van der Waals surface area contributed by atoms with E-state index in [0.29, 0.717) is 5.56 Å². The Hall–Kier alpha value is -2.42. The van der Waals surface area contributed by atoms with E-state index < -0.39 is 36.7 Å². The second kappa shape index (κ2) is 9.16. The quantitative estimate of drug-likeness (QED) is 0.591. The van der Waals surface area contributed by atoms with Crippen LogP contribution in [0, 0.1) is 5.92 Å². The van der Waals surface area contributed by atoms with Crippen LogP contribution in [0.3, 0.4) is 0 Å². The molecule has 30 heavy (non-hydrogen) atoms. The van der Waals surface area contributed by atoms with Crippen molar-refractivity contribution in [3.05, 3.63) is 40.6 Å². The van der Waals surface area contributed by atoms with E-state index in [9.17, 15) is 22.8 Å². The minimum atomic E-state index is -4.32. The minimum Gasteiger partial charge on any atom is -0.492 e. The van der Waals surface area contributed by atoms with E-state index >= 15 is 0 Å². The Morgan fingerprint density at radius 3 is 2.57 bits per heavy atom. The molecule has 0 bridgehead atoms. The molecule has 1 aliphatic rings. The molecule has 0 fully saturated rings. The fourth-order valence-electron chi connectivity index (χ4n) is 3.27. The number of benzene rings is 1. The summed E-state index contributed by atoms with van der Waals surface area (Å²) in [5.74, 6) is -0.887. The molecule has 166 valence electrons. The standard InChI is InChI=1S/C20H24ClF3N2O4/c1-12(2)14-11-26(8-6-17(27)28)18(29)25-19(14,3)13-4-5-16(15(21)10-13)30-9-7-20(22,23)24/h4-5,10-12H,6-9H2,1-3H3,(H,25,29)(H,27,28)/t19-/m0/s1. The average molecular weight is 449 g/mol. The molecule has 2 rings (SSSR count). The zero-order valence-electron chi connectivity index (χ0n) is 16.8. The van der Waals surface area contributed by atoms with E-state index in [1.54, 1.807) is 25.3 Å². The van der Waals surface area contributed by atoms with E-state index in [2.05, 4.69) is 5.32 Å². The lowest BCUT2D eigenvalue weighted by Gasteiger charge is -2.42. The van der Waals surface area contributed by atoms with Gasteiger partial charge in [-0.25, -0.2) is 4.79 Å². The Kier molecular flexibility index (Phi) is 7.28. The first-order valence-corrected chi connectivity index (χ1v) is 9.73. The number of rotatable bonds is 8. The van der Waals surface area contributed by atoms with Crippen LogP contribution < -0.4 is 10.1 Å². The monoisotopic (exact) mass is 448 g/mol. The SMILES string of the molecule is CC(C)C1=CN(CCC(=O)O)C(=O)N[C@@]1(C)c1ccc(OCCC(F)(F)F)c(Cl)c1. The molecule has 1 aromatic carbocycles. The van der Waals surface area contributed by atoms with E-state index in [-0.39, 0.29) is 29.7 Å². The van der Waals surface area contributed by atoms with Gasteiger partial charge in [-0.2, -0.15) is 13.2 Å². The molecule has 6 nitrogen and oxygen atoms in total. The zero-order valence-corrected chi connectivity index (χ0v) is 17.6. The zero-order chi connectivity index (χ0) is 22.7. The number of carboxylic acid groups (broad SMARTS) is 1. The van der Waals surface area contributed by atoms with Gasteiger partial charge in [0.1, 0.15) is 5.75 Å². The van der Waals surface area contributed by atoms with Crippen molar-refractivity contribution in [3.63, 3.8) is 0 Å². The number of carbonyl (C=O) groups excluding carboxylic acids is 1. The highest BCUT2D eigenvalue weighted by Crippen LogP contribution is 2.39. The summed E-state index contributed by atoms with van der Waals surface area (Å²) in [6.07, 6.45) is -3.96. The third-order valence-corrected chi connectivity index (χ3v) is 5.13. The van der Waals surface area contributed by atoms with Crippen molar-refractivity contribution >= 4 is 23.6 Å². The number of nitrogens with zero attached hydrogens (tertiary/aromatic N) is 1. The average Bonchev–Trinajstić information content (AvgIpc) is 2.60. The smallest absolute Gasteiger partial charge is 0.392 e. The van der Waals surface area contributed by atoms with Gasteiger partial charge in [0.05, 0.1) is 30.0 Å². The summed E-state index contributed by atoms with van der Waals surface area (Å²) in [7, 11) is 0. The molecule has 0 saturated carbocycles. The highest BCUT2D eigenvalue weighted by molar-refractivity contribution is 6.32. The van der Waals surface area contributed by atoms with Gasteiger partial charge in [-0.05, 0) is 36.1 Å². The summed E-state index contributed by atoms with van der Waals surface area (Å²) in [6, 6.07) is 4.21. The predicted molar refractivity (Wildman–Crippen MR) is 105 cm³/mol. The molecule has 0 spiro atoms. The van der Waals surface area contributed by atoms with Crippen LogP contribution in [0.25, 0.3) is 0 Å². The Balaban J connectivity index is 2.29. The van der Waals surface area contributed by atoms with E-state index in [1.807, 2.05) is 13.8 Å². The maximum Gasteiger partial charge on any atom is 0.392 e. The maximum atomic E-state index is 12.6. The Labute approximate surface area is 177 Å². The van der Waals surface area contributed by atoms with Gasteiger partial charge < -0.3 is 20.1 Å². The van der Waals surface area contributed by atoms with Crippen molar-refractivity contribution in [2.45, 2.75) is 45.3 Å². The second-order valence-electron chi connectivity index (χ2n) is 7.49. The maximum absolute atomic E-state index is 12.6. The van der Waals surface area contributed by atoms with Crippen molar-refractivity contribution in [2.24, 2.45) is 5.92 Å². The number of carboxylic acids is 1. The summed E-state index contributed by atoms with van der Waals surface area (Å²) in [6.45, 7) is 5.15. The summed E-state index contributed by atoms with van der Waals surface area (Å²) >= 11 is 6.22. The number of hydrogen-bond donors (Lipinski definition) is 2. The van der Waals surface area contributed by atoms with Crippen LogP contribution in [-0.2, 0) is 10.3 Å². The van der Waals surface area contributed by atoms with Crippen molar-refractivity contribution < 1.29 is 32.6 Å². The van der Waals surface area contributed by atoms with Gasteiger partial charge in [0.15, 0.2) is 0 Å². The van der Waals surface area contributed by atoms with Crippen LogP contribution in [0.2, 0.25) is 5.02 Å². The molecule has 1 aliphatic heterocycles. The molecule has 0 aliphatic carbocycles. The highest BCUT2D eigenvalue weighted by atomic mass is 35.5. The molecule has 10 heteroatoms. The van der Waals surface area contributed by atoms with Gasteiger partial charge in [-0.1, -0.05) is 31.5 Å². The van der Waals surface area contributed by atoms with Gasteiger partial charge >= 0.3 is 18.2 Å². The number of ether oxygens (including phenoxy) is 1. The first-order valence-electron chi connectivity index (χ1n) is 9.36. The van der Waals surface area contributed by atoms with Crippen LogP contribution >= 0.6 is 11.6 Å². The molecule has 2 amide bonds. The molecular formula is C20H24ClF3N2O4. The number of hydrogen-bond acceptors (Lipinski definition) is 3. The van der Waals surface area contributed by atoms with Gasteiger partial charge in [0.25, 0.3) is 0 Å². The lowest BCUT2D eigenvalue weighted by atomic mass is 9.78. The summed E-state index contributed by atoms with van der Waals surface area (Å²) in [5, 5.41) is 11.9. The summed E-state index contributed by atoms with van der Waals surface area (Å²) in [5.41, 5.74) is 0.523. The molecular weight excluding hydrogens is 425 g/mol. The number of aliphatic carboxylic acids is 1. The van der Waals surface area contributed by atoms with Crippen LogP contribution in [-0.4, -0.2) is 41.3 Å². The van der Waals surface area contributed by atoms with Crippen molar-refractivity contribution in [3.8, 4) is 5.75 Å². The molecule has 1 atom stereocenters. The number of carbonyl (C=O) groups is 2. The fraction of sp³-hybridized carbons (Fsp3) is 0.500. The molecule has 0 aromatic heterocycles. The molecule has 1 aromatic rings. The predicted octanol–water partition coefficient (Wildman–Crippen LogP) is 4.93. The van der Waals surface area contributed by atoms with Crippen LogP contribution in [0.4, 0.5) is 18.0 Å². The topological polar surface area (TPSA) is 78.9 Å². The highest BCUT2D eigenvalue weighted by Gasteiger charge is 2.40. The third kappa shape index (κ3) is 5.81. The molecule has 1 heterocycles. The number of urea groups is 1. The van der Waals surface area contributed by atoms with Gasteiger partial charge in [0, 0.05) is 12.7 Å². The third-order valence-electron chi connectivity index (χ3n) is 4.83. The second-order valence-corrected chi connectivity index (χ2v) is 7.90.